The number of aromatic nitrogens is 1. The molecule has 2 heterocycles. The third-order valence-electron chi connectivity index (χ3n) is 6.47. The highest BCUT2D eigenvalue weighted by Gasteiger charge is 2.35. The molecule has 214 valence electrons. The number of methoxy groups -OCH3 is 1. The van der Waals surface area contributed by atoms with Crippen molar-refractivity contribution >= 4 is 74.3 Å². The number of thiazole rings is 1. The van der Waals surface area contributed by atoms with Crippen LogP contribution in [0.25, 0.3) is 11.8 Å². The molecule has 7 nitrogen and oxygen atoms in total. The summed E-state index contributed by atoms with van der Waals surface area (Å²) >= 11 is 5.75. The SMILES string of the molecule is C=CCOc1c(I)cc(I)cc1/C=c1\sc2n(c1=O)[C@@H](c1ccc(OC)cc1)C(C(=O)OCC)=C(c1ccccc1)N=2. The van der Waals surface area contributed by atoms with Crippen molar-refractivity contribution in [3.8, 4) is 11.5 Å². The maximum Gasteiger partial charge on any atom is 0.338 e. The van der Waals surface area contributed by atoms with E-state index >= 15 is 0 Å². The van der Waals surface area contributed by atoms with E-state index in [2.05, 4.69) is 51.8 Å². The number of hydrogen-bond acceptors (Lipinski definition) is 7. The standard InChI is InChI=1S/C32H26I2N2O5S/c1-4-15-41-29-21(16-22(33)18-24(29)34)17-25-30(37)36-28(20-11-13-23(39-3)14-12-20)26(31(38)40-5-2)27(35-32(36)42-25)19-9-7-6-8-10-19/h4,6-14,16-18,28H,1,5,15H2,2-3H3/b25-17-/t28-/m0/s1. The molecule has 0 bridgehead atoms. The van der Waals surface area contributed by atoms with Gasteiger partial charge in [0.15, 0.2) is 4.80 Å². The summed E-state index contributed by atoms with van der Waals surface area (Å²) in [5.41, 5.74) is 2.76. The monoisotopic (exact) mass is 804 g/mol. The van der Waals surface area contributed by atoms with Gasteiger partial charge in [-0.1, -0.05) is 66.5 Å². The average Bonchev–Trinajstić information content (AvgIpc) is 3.30. The number of fused-ring (bicyclic) bond motifs is 1. The molecule has 0 saturated heterocycles. The maximum atomic E-state index is 14.2. The smallest absolute Gasteiger partial charge is 0.338 e. The van der Waals surface area contributed by atoms with Gasteiger partial charge in [-0.05, 0) is 88.0 Å². The second kappa shape index (κ2) is 13.4. The van der Waals surface area contributed by atoms with Crippen LogP contribution in [0, 0.1) is 7.14 Å². The Kier molecular flexibility index (Phi) is 9.63. The van der Waals surface area contributed by atoms with Crippen LogP contribution in [-0.4, -0.2) is 30.9 Å². The third-order valence-corrected chi connectivity index (χ3v) is 8.88. The Bertz CT molecular complexity index is 1860. The Morgan fingerprint density at radius 2 is 1.86 bits per heavy atom. The first-order valence-electron chi connectivity index (χ1n) is 13.0. The highest BCUT2D eigenvalue weighted by atomic mass is 127. The van der Waals surface area contributed by atoms with E-state index in [9.17, 15) is 9.59 Å². The molecule has 0 saturated carbocycles. The molecule has 0 aliphatic carbocycles. The van der Waals surface area contributed by atoms with Gasteiger partial charge in [0.25, 0.3) is 5.56 Å². The van der Waals surface area contributed by atoms with Crippen LogP contribution in [0.4, 0.5) is 0 Å². The van der Waals surface area contributed by atoms with E-state index in [0.717, 1.165) is 23.8 Å². The first kappa shape index (κ1) is 30.2. The second-order valence-electron chi connectivity index (χ2n) is 9.11. The number of hydrogen-bond donors (Lipinski definition) is 0. The van der Waals surface area contributed by atoms with Crippen LogP contribution in [0.5, 0.6) is 11.5 Å². The zero-order chi connectivity index (χ0) is 29.8. The van der Waals surface area contributed by atoms with Gasteiger partial charge in [0.05, 0.1) is 39.1 Å². The van der Waals surface area contributed by atoms with Crippen LogP contribution in [0.2, 0.25) is 0 Å². The molecule has 1 aromatic heterocycles. The number of esters is 1. The van der Waals surface area contributed by atoms with Crippen molar-refractivity contribution in [3.63, 3.8) is 0 Å². The second-order valence-corrected chi connectivity index (χ2v) is 12.5. The summed E-state index contributed by atoms with van der Waals surface area (Å²) < 4.78 is 20.9. The minimum absolute atomic E-state index is 0.183. The van der Waals surface area contributed by atoms with Gasteiger partial charge in [-0.2, -0.15) is 0 Å². The molecule has 10 heteroatoms. The van der Waals surface area contributed by atoms with Crippen molar-refractivity contribution in [3.05, 3.63) is 128 Å². The third kappa shape index (κ3) is 6.11. The maximum absolute atomic E-state index is 14.2. The molecule has 0 N–H and O–H groups in total. The summed E-state index contributed by atoms with van der Waals surface area (Å²) in [5, 5.41) is 0. The zero-order valence-electron chi connectivity index (χ0n) is 22.8. The number of benzene rings is 3. The minimum atomic E-state index is -0.768. The van der Waals surface area contributed by atoms with Crippen molar-refractivity contribution in [2.75, 3.05) is 20.3 Å². The molecule has 0 fully saturated rings. The summed E-state index contributed by atoms with van der Waals surface area (Å²) in [6.45, 7) is 6.03. The molecule has 0 amide bonds. The first-order valence-corrected chi connectivity index (χ1v) is 16.0. The minimum Gasteiger partial charge on any atom is -0.497 e. The van der Waals surface area contributed by atoms with Crippen LogP contribution in [0.1, 0.15) is 29.7 Å². The fourth-order valence-corrected chi connectivity index (χ4v) is 7.70. The van der Waals surface area contributed by atoms with Gasteiger partial charge in [-0.15, -0.1) is 0 Å². The molecule has 0 spiro atoms. The molecule has 1 atom stereocenters. The Morgan fingerprint density at radius 3 is 2.52 bits per heavy atom. The topological polar surface area (TPSA) is 79.1 Å². The zero-order valence-corrected chi connectivity index (χ0v) is 27.9. The van der Waals surface area contributed by atoms with Gasteiger partial charge in [-0.3, -0.25) is 9.36 Å². The van der Waals surface area contributed by atoms with Crippen LogP contribution >= 0.6 is 56.5 Å². The predicted molar refractivity (Wildman–Crippen MR) is 182 cm³/mol. The van der Waals surface area contributed by atoms with Gasteiger partial charge in [0, 0.05) is 14.7 Å². The molecule has 5 rings (SSSR count). The number of ether oxygens (including phenoxy) is 3. The fourth-order valence-electron chi connectivity index (χ4n) is 4.67. The molecule has 0 radical (unpaired) electrons. The summed E-state index contributed by atoms with van der Waals surface area (Å²) in [4.78, 5) is 33.2. The molecule has 0 unspecified atom stereocenters. The Morgan fingerprint density at radius 1 is 1.12 bits per heavy atom. The summed E-state index contributed by atoms with van der Waals surface area (Å²) in [6.07, 6.45) is 3.51. The fraction of sp³-hybridized carbons (Fsp3) is 0.156. The van der Waals surface area contributed by atoms with E-state index in [0.29, 0.717) is 38.7 Å². The first-order chi connectivity index (χ1) is 20.4. The largest absolute Gasteiger partial charge is 0.497 e. The van der Waals surface area contributed by atoms with Crippen LogP contribution < -0.4 is 24.4 Å². The lowest BCUT2D eigenvalue weighted by molar-refractivity contribution is -0.138. The summed E-state index contributed by atoms with van der Waals surface area (Å²) in [6, 6.07) is 20.0. The van der Waals surface area contributed by atoms with E-state index in [-0.39, 0.29) is 12.2 Å². The normalized spacial score (nSPS) is 14.7. The van der Waals surface area contributed by atoms with Gasteiger partial charge < -0.3 is 14.2 Å². The molecule has 42 heavy (non-hydrogen) atoms. The molecular weight excluding hydrogens is 778 g/mol. The number of carbonyl (C=O) groups excluding carboxylic acids is 1. The van der Waals surface area contributed by atoms with Crippen molar-refractivity contribution in [1.29, 1.82) is 0 Å². The van der Waals surface area contributed by atoms with Gasteiger partial charge in [0.2, 0.25) is 0 Å². The van der Waals surface area contributed by atoms with Gasteiger partial charge in [-0.25, -0.2) is 9.79 Å². The molecule has 1 aliphatic rings. The lowest BCUT2D eigenvalue weighted by atomic mass is 9.93. The lowest BCUT2D eigenvalue weighted by Gasteiger charge is -2.26. The predicted octanol–water partition coefficient (Wildman–Crippen LogP) is 5.72. The quantitative estimate of drug-likeness (QED) is 0.123. The van der Waals surface area contributed by atoms with Gasteiger partial charge in [0.1, 0.15) is 18.1 Å². The van der Waals surface area contributed by atoms with Gasteiger partial charge >= 0.3 is 5.97 Å². The Balaban J connectivity index is 1.82. The number of halogens is 2. The van der Waals surface area contributed by atoms with Crippen molar-refractivity contribution in [1.82, 2.24) is 4.57 Å². The highest BCUT2D eigenvalue weighted by molar-refractivity contribution is 14.1. The number of rotatable bonds is 9. The molecule has 1 aliphatic heterocycles. The highest BCUT2D eigenvalue weighted by Crippen LogP contribution is 2.36. The lowest BCUT2D eigenvalue weighted by Crippen LogP contribution is -2.40. The summed E-state index contributed by atoms with van der Waals surface area (Å²) in [7, 11) is 1.59. The number of carbonyl (C=O) groups is 1. The molecule has 4 aromatic rings. The van der Waals surface area contributed by atoms with Crippen LogP contribution in [-0.2, 0) is 9.53 Å². The van der Waals surface area contributed by atoms with Crippen molar-refractivity contribution in [2.45, 2.75) is 13.0 Å². The van der Waals surface area contributed by atoms with Crippen LogP contribution in [0.3, 0.4) is 0 Å². The average molecular weight is 804 g/mol. The van der Waals surface area contributed by atoms with E-state index in [1.807, 2.05) is 72.8 Å². The van der Waals surface area contributed by atoms with E-state index in [1.54, 1.807) is 24.7 Å². The Labute approximate surface area is 274 Å². The van der Waals surface area contributed by atoms with Crippen LogP contribution in [0.15, 0.2) is 94.7 Å². The van der Waals surface area contributed by atoms with Crippen molar-refractivity contribution in [2.24, 2.45) is 4.99 Å². The Hall–Kier alpha value is -3.23. The van der Waals surface area contributed by atoms with E-state index in [1.165, 1.54) is 11.3 Å². The molecular formula is C32H26I2N2O5S. The summed E-state index contributed by atoms with van der Waals surface area (Å²) in [5.74, 6) is 0.810. The van der Waals surface area contributed by atoms with E-state index < -0.39 is 12.0 Å². The molecule has 3 aromatic carbocycles. The van der Waals surface area contributed by atoms with E-state index in [4.69, 9.17) is 19.2 Å². The van der Waals surface area contributed by atoms with Crippen molar-refractivity contribution < 1.29 is 19.0 Å². The number of nitrogens with zero attached hydrogens (tertiary/aromatic N) is 2.